The molecular formula is C16H13Br2Cl2N. The lowest BCUT2D eigenvalue weighted by Crippen LogP contribution is -2.34. The lowest BCUT2D eigenvalue weighted by molar-refractivity contribution is 0.374. The van der Waals surface area contributed by atoms with Crippen LogP contribution in [0.2, 0.25) is 10.0 Å². The Labute approximate surface area is 151 Å². The van der Waals surface area contributed by atoms with Gasteiger partial charge in [0.25, 0.3) is 0 Å². The molecule has 0 saturated heterocycles. The van der Waals surface area contributed by atoms with Crippen LogP contribution in [-0.2, 0) is 0 Å². The van der Waals surface area contributed by atoms with Gasteiger partial charge in [0, 0.05) is 15.0 Å². The number of nitrogens with one attached hydrogen (secondary N) is 1. The van der Waals surface area contributed by atoms with E-state index in [2.05, 4.69) is 61.4 Å². The summed E-state index contributed by atoms with van der Waals surface area (Å²) in [4.78, 5) is 0. The summed E-state index contributed by atoms with van der Waals surface area (Å²) in [6, 6.07) is 12.9. The monoisotopic (exact) mass is 447 g/mol. The van der Waals surface area contributed by atoms with E-state index in [9.17, 15) is 0 Å². The van der Waals surface area contributed by atoms with E-state index in [0.717, 1.165) is 27.5 Å². The maximum absolute atomic E-state index is 6.26. The van der Waals surface area contributed by atoms with Crippen molar-refractivity contribution in [3.05, 3.63) is 61.0 Å². The Kier molecular flexibility index (Phi) is 4.84. The van der Waals surface area contributed by atoms with E-state index in [0.29, 0.717) is 22.0 Å². The van der Waals surface area contributed by atoms with Crippen LogP contribution < -0.4 is 5.32 Å². The van der Waals surface area contributed by atoms with Gasteiger partial charge in [-0.2, -0.15) is 0 Å². The number of benzene rings is 2. The summed E-state index contributed by atoms with van der Waals surface area (Å²) in [7, 11) is 0. The molecule has 0 spiro atoms. The Hall–Kier alpha value is -0.220. The predicted molar refractivity (Wildman–Crippen MR) is 97.7 cm³/mol. The summed E-state index contributed by atoms with van der Waals surface area (Å²) < 4.78 is 1.94. The first kappa shape index (κ1) is 15.7. The third-order valence-corrected chi connectivity index (χ3v) is 6.17. The highest BCUT2D eigenvalue weighted by atomic mass is 79.9. The summed E-state index contributed by atoms with van der Waals surface area (Å²) in [5, 5.41) is 4.62. The van der Waals surface area contributed by atoms with Crippen molar-refractivity contribution < 1.29 is 0 Å². The molecule has 5 heteroatoms. The standard InChI is InChI=1S/C16H13Br2Cl2N/c17-11-3-1-9(2-4-11)10-7-12(8-10)21-14-6-5-13(18)15(19)16(14)20/h1-6,10,12,21H,7-8H2. The molecule has 0 bridgehead atoms. The topological polar surface area (TPSA) is 12.0 Å². The fourth-order valence-corrected chi connectivity index (χ4v) is 3.69. The number of rotatable bonds is 3. The molecule has 2 aromatic rings. The summed E-state index contributed by atoms with van der Waals surface area (Å²) >= 11 is 19.3. The van der Waals surface area contributed by atoms with Gasteiger partial charge in [0.15, 0.2) is 0 Å². The van der Waals surface area contributed by atoms with Gasteiger partial charge in [-0.05, 0) is 64.5 Å². The van der Waals surface area contributed by atoms with E-state index < -0.39 is 0 Å². The minimum absolute atomic E-state index is 0.452. The molecule has 1 fully saturated rings. The molecule has 1 saturated carbocycles. The van der Waals surface area contributed by atoms with E-state index in [1.807, 2.05) is 12.1 Å². The minimum atomic E-state index is 0.452. The van der Waals surface area contributed by atoms with E-state index in [4.69, 9.17) is 23.2 Å². The maximum Gasteiger partial charge on any atom is 0.0835 e. The highest BCUT2D eigenvalue weighted by molar-refractivity contribution is 9.10. The van der Waals surface area contributed by atoms with E-state index in [1.165, 1.54) is 5.56 Å². The first-order chi connectivity index (χ1) is 10.0. The Balaban J connectivity index is 1.62. The fraction of sp³-hybridized carbons (Fsp3) is 0.250. The highest BCUT2D eigenvalue weighted by Gasteiger charge is 2.30. The summed E-state index contributed by atoms with van der Waals surface area (Å²) in [5.74, 6) is 0.625. The second-order valence-electron chi connectivity index (χ2n) is 5.28. The van der Waals surface area contributed by atoms with E-state index >= 15 is 0 Å². The number of anilines is 1. The molecule has 1 aliphatic rings. The molecule has 3 rings (SSSR count). The normalized spacial score (nSPS) is 21.0. The van der Waals surface area contributed by atoms with Gasteiger partial charge in [0.05, 0.1) is 15.7 Å². The van der Waals surface area contributed by atoms with Gasteiger partial charge in [-0.15, -0.1) is 0 Å². The molecule has 1 N–H and O–H groups in total. The van der Waals surface area contributed by atoms with Crippen molar-refractivity contribution in [2.75, 3.05) is 5.32 Å². The highest BCUT2D eigenvalue weighted by Crippen LogP contribution is 2.41. The van der Waals surface area contributed by atoms with E-state index in [1.54, 1.807) is 0 Å². The van der Waals surface area contributed by atoms with Crippen LogP contribution in [0.25, 0.3) is 0 Å². The van der Waals surface area contributed by atoms with Crippen molar-refractivity contribution in [1.29, 1.82) is 0 Å². The first-order valence-electron chi connectivity index (χ1n) is 6.70. The van der Waals surface area contributed by atoms with Crippen LogP contribution in [0.3, 0.4) is 0 Å². The zero-order valence-electron chi connectivity index (χ0n) is 11.0. The zero-order chi connectivity index (χ0) is 15.0. The van der Waals surface area contributed by atoms with Crippen molar-refractivity contribution in [2.24, 2.45) is 0 Å². The quantitative estimate of drug-likeness (QED) is 0.504. The average molecular weight is 450 g/mol. The van der Waals surface area contributed by atoms with Crippen LogP contribution in [0.5, 0.6) is 0 Å². The van der Waals surface area contributed by atoms with Gasteiger partial charge < -0.3 is 5.32 Å². The molecule has 0 heterocycles. The van der Waals surface area contributed by atoms with Crippen LogP contribution in [0, 0.1) is 0 Å². The molecule has 2 aromatic carbocycles. The predicted octanol–water partition coefficient (Wildman–Crippen LogP) is 6.88. The van der Waals surface area contributed by atoms with Crippen LogP contribution in [0.15, 0.2) is 45.3 Å². The molecule has 0 unspecified atom stereocenters. The first-order valence-corrected chi connectivity index (χ1v) is 9.04. The van der Waals surface area contributed by atoms with Gasteiger partial charge in [-0.1, -0.05) is 51.3 Å². The van der Waals surface area contributed by atoms with Crippen LogP contribution in [0.1, 0.15) is 24.3 Å². The molecule has 110 valence electrons. The summed E-state index contributed by atoms with van der Waals surface area (Å²) in [6.07, 6.45) is 2.23. The van der Waals surface area contributed by atoms with Gasteiger partial charge in [-0.3, -0.25) is 0 Å². The SMILES string of the molecule is Clc1c(Br)ccc(NC2CC(c3ccc(Br)cc3)C2)c1Cl. The zero-order valence-corrected chi connectivity index (χ0v) is 15.7. The van der Waals surface area contributed by atoms with Gasteiger partial charge >= 0.3 is 0 Å². The van der Waals surface area contributed by atoms with Gasteiger partial charge in [-0.25, -0.2) is 0 Å². The largest absolute Gasteiger partial charge is 0.381 e. The average Bonchev–Trinajstić information content (AvgIpc) is 2.43. The molecule has 0 atom stereocenters. The Morgan fingerprint density at radius 3 is 2.24 bits per heavy atom. The van der Waals surface area contributed by atoms with Crippen LogP contribution in [-0.4, -0.2) is 6.04 Å². The Morgan fingerprint density at radius 1 is 0.905 bits per heavy atom. The third kappa shape index (κ3) is 3.42. The van der Waals surface area contributed by atoms with E-state index in [-0.39, 0.29) is 0 Å². The van der Waals surface area contributed by atoms with Crippen molar-refractivity contribution >= 4 is 60.7 Å². The number of hydrogen-bond donors (Lipinski definition) is 1. The van der Waals surface area contributed by atoms with Crippen molar-refractivity contribution in [1.82, 2.24) is 0 Å². The Morgan fingerprint density at radius 2 is 1.57 bits per heavy atom. The fourth-order valence-electron chi connectivity index (χ4n) is 2.60. The second-order valence-corrected chi connectivity index (χ2v) is 7.81. The molecule has 21 heavy (non-hydrogen) atoms. The molecule has 1 nitrogen and oxygen atoms in total. The molecule has 0 aliphatic heterocycles. The third-order valence-electron chi connectivity index (χ3n) is 3.87. The van der Waals surface area contributed by atoms with Gasteiger partial charge in [0.1, 0.15) is 0 Å². The van der Waals surface area contributed by atoms with Gasteiger partial charge in [0.2, 0.25) is 0 Å². The minimum Gasteiger partial charge on any atom is -0.381 e. The Bertz CT molecular complexity index is 652. The van der Waals surface area contributed by atoms with Crippen LogP contribution in [0.4, 0.5) is 5.69 Å². The van der Waals surface area contributed by atoms with Crippen LogP contribution >= 0.6 is 55.1 Å². The lowest BCUT2D eigenvalue weighted by Gasteiger charge is -2.37. The smallest absolute Gasteiger partial charge is 0.0835 e. The van der Waals surface area contributed by atoms with Crippen molar-refractivity contribution in [3.63, 3.8) is 0 Å². The molecular weight excluding hydrogens is 437 g/mol. The molecule has 0 radical (unpaired) electrons. The number of hydrogen-bond acceptors (Lipinski definition) is 1. The molecule has 0 aromatic heterocycles. The lowest BCUT2D eigenvalue weighted by atomic mass is 9.76. The number of halogens is 4. The summed E-state index contributed by atoms with van der Waals surface area (Å²) in [5.41, 5.74) is 2.31. The molecule has 0 amide bonds. The maximum atomic E-state index is 6.26. The summed E-state index contributed by atoms with van der Waals surface area (Å²) in [6.45, 7) is 0. The second kappa shape index (κ2) is 6.49. The van der Waals surface area contributed by atoms with Crippen molar-refractivity contribution in [2.45, 2.75) is 24.8 Å². The molecule has 1 aliphatic carbocycles. The van der Waals surface area contributed by atoms with Crippen molar-refractivity contribution in [3.8, 4) is 0 Å².